The van der Waals surface area contributed by atoms with Crippen molar-refractivity contribution in [3.8, 4) is 0 Å². The number of rotatable bonds is 6. The highest BCUT2D eigenvalue weighted by atomic mass is 35.5. The molecule has 3 aromatic rings. The van der Waals surface area contributed by atoms with Crippen molar-refractivity contribution >= 4 is 49.9 Å². The van der Waals surface area contributed by atoms with E-state index in [2.05, 4.69) is 5.32 Å². The Morgan fingerprint density at radius 1 is 1.00 bits per heavy atom. The van der Waals surface area contributed by atoms with E-state index in [0.29, 0.717) is 41.5 Å². The molecule has 1 N–H and O–H groups in total. The lowest BCUT2D eigenvalue weighted by Crippen LogP contribution is -2.45. The summed E-state index contributed by atoms with van der Waals surface area (Å²) < 4.78 is 27.4. The first-order chi connectivity index (χ1) is 15.3. The lowest BCUT2D eigenvalue weighted by Gasteiger charge is -2.31. The van der Waals surface area contributed by atoms with Gasteiger partial charge in [-0.15, -0.1) is 0 Å². The zero-order valence-corrected chi connectivity index (χ0v) is 19.8. The van der Waals surface area contributed by atoms with Crippen LogP contribution in [-0.2, 0) is 27.1 Å². The SMILES string of the molecule is O=C(NCc1cccc2ccccc12)[C@H]1CCCN(S(=O)(=O)Cc2c(Cl)cccc2Cl)C1. The van der Waals surface area contributed by atoms with Crippen LogP contribution in [-0.4, -0.2) is 31.7 Å². The van der Waals surface area contributed by atoms with Crippen molar-refractivity contribution < 1.29 is 13.2 Å². The summed E-state index contributed by atoms with van der Waals surface area (Å²) in [7, 11) is -3.66. The van der Waals surface area contributed by atoms with Gasteiger partial charge in [0.2, 0.25) is 15.9 Å². The van der Waals surface area contributed by atoms with Gasteiger partial charge in [-0.25, -0.2) is 12.7 Å². The van der Waals surface area contributed by atoms with Crippen LogP contribution in [0.5, 0.6) is 0 Å². The number of sulfonamides is 1. The van der Waals surface area contributed by atoms with Crippen LogP contribution in [0.3, 0.4) is 0 Å². The molecule has 8 heteroatoms. The molecule has 1 heterocycles. The lowest BCUT2D eigenvalue weighted by molar-refractivity contribution is -0.126. The van der Waals surface area contributed by atoms with E-state index >= 15 is 0 Å². The first-order valence-electron chi connectivity index (χ1n) is 10.5. The lowest BCUT2D eigenvalue weighted by atomic mass is 9.98. The Morgan fingerprint density at radius 2 is 1.69 bits per heavy atom. The van der Waals surface area contributed by atoms with Crippen molar-refractivity contribution in [2.45, 2.75) is 25.1 Å². The number of hydrogen-bond donors (Lipinski definition) is 1. The van der Waals surface area contributed by atoms with E-state index in [0.717, 1.165) is 16.3 Å². The van der Waals surface area contributed by atoms with Crippen LogP contribution < -0.4 is 5.32 Å². The zero-order chi connectivity index (χ0) is 22.7. The van der Waals surface area contributed by atoms with Gasteiger partial charge in [0.15, 0.2) is 0 Å². The minimum atomic E-state index is -3.66. The summed E-state index contributed by atoms with van der Waals surface area (Å²) in [6, 6.07) is 19.0. The van der Waals surface area contributed by atoms with Gasteiger partial charge in [0.05, 0.1) is 11.7 Å². The monoisotopic (exact) mass is 490 g/mol. The highest BCUT2D eigenvalue weighted by Gasteiger charge is 2.33. The Hall–Kier alpha value is -2.12. The molecule has 168 valence electrons. The minimum absolute atomic E-state index is 0.131. The van der Waals surface area contributed by atoms with E-state index in [4.69, 9.17) is 23.2 Å². The summed E-state index contributed by atoms with van der Waals surface area (Å²) in [5.74, 6) is -0.806. The molecule has 1 amide bonds. The second kappa shape index (κ2) is 9.79. The van der Waals surface area contributed by atoms with E-state index in [9.17, 15) is 13.2 Å². The summed E-state index contributed by atoms with van der Waals surface area (Å²) in [6.07, 6.45) is 1.28. The maximum absolute atomic E-state index is 13.0. The molecule has 1 saturated heterocycles. The Bertz CT molecular complexity index is 1220. The molecule has 32 heavy (non-hydrogen) atoms. The highest BCUT2D eigenvalue weighted by Crippen LogP contribution is 2.29. The summed E-state index contributed by atoms with van der Waals surface area (Å²) in [4.78, 5) is 12.9. The first kappa shape index (κ1) is 23.1. The van der Waals surface area contributed by atoms with Gasteiger partial charge < -0.3 is 5.32 Å². The molecular formula is C24H24Cl2N2O3S. The fraction of sp³-hybridized carbons (Fsp3) is 0.292. The van der Waals surface area contributed by atoms with Crippen molar-refractivity contribution in [2.75, 3.05) is 13.1 Å². The molecule has 0 spiro atoms. The predicted octanol–water partition coefficient (Wildman–Crippen LogP) is 5.00. The van der Waals surface area contributed by atoms with Crippen molar-refractivity contribution in [1.29, 1.82) is 0 Å². The summed E-state index contributed by atoms with van der Waals surface area (Å²) in [5.41, 5.74) is 1.42. The largest absolute Gasteiger partial charge is 0.352 e. The molecule has 0 unspecified atom stereocenters. The normalized spacial score (nSPS) is 17.4. The van der Waals surface area contributed by atoms with Crippen LogP contribution in [0.4, 0.5) is 0 Å². The average Bonchev–Trinajstić information content (AvgIpc) is 2.80. The number of fused-ring (bicyclic) bond motifs is 1. The number of piperidine rings is 1. The van der Waals surface area contributed by atoms with Gasteiger partial charge in [0, 0.05) is 35.2 Å². The molecule has 1 atom stereocenters. The van der Waals surface area contributed by atoms with Gasteiger partial charge in [-0.2, -0.15) is 0 Å². The molecular weight excluding hydrogens is 467 g/mol. The molecule has 0 bridgehead atoms. The van der Waals surface area contributed by atoms with Crippen molar-refractivity contribution in [3.05, 3.63) is 81.8 Å². The quantitative estimate of drug-likeness (QED) is 0.528. The number of nitrogens with zero attached hydrogens (tertiary/aromatic N) is 1. The molecule has 0 aliphatic carbocycles. The number of nitrogens with one attached hydrogen (secondary N) is 1. The van der Waals surface area contributed by atoms with E-state index in [1.165, 1.54) is 4.31 Å². The molecule has 0 radical (unpaired) electrons. The molecule has 1 aliphatic heterocycles. The van der Waals surface area contributed by atoms with Crippen LogP contribution in [0, 0.1) is 5.92 Å². The smallest absolute Gasteiger partial charge is 0.224 e. The highest BCUT2D eigenvalue weighted by molar-refractivity contribution is 7.88. The molecule has 0 saturated carbocycles. The third-order valence-electron chi connectivity index (χ3n) is 5.87. The molecule has 0 aromatic heterocycles. The molecule has 1 fully saturated rings. The number of amides is 1. The van der Waals surface area contributed by atoms with E-state index in [1.807, 2.05) is 42.5 Å². The van der Waals surface area contributed by atoms with E-state index in [-0.39, 0.29) is 18.2 Å². The van der Waals surface area contributed by atoms with Gasteiger partial charge in [0.25, 0.3) is 0 Å². The van der Waals surface area contributed by atoms with Crippen LogP contribution >= 0.6 is 23.2 Å². The number of benzene rings is 3. The number of hydrogen-bond acceptors (Lipinski definition) is 3. The number of halogens is 2. The van der Waals surface area contributed by atoms with Crippen LogP contribution in [0.1, 0.15) is 24.0 Å². The van der Waals surface area contributed by atoms with Crippen LogP contribution in [0.2, 0.25) is 10.0 Å². The van der Waals surface area contributed by atoms with Gasteiger partial charge in [0.1, 0.15) is 0 Å². The van der Waals surface area contributed by atoms with Gasteiger partial charge in [-0.05, 0) is 41.3 Å². The zero-order valence-electron chi connectivity index (χ0n) is 17.4. The molecule has 1 aliphatic rings. The maximum atomic E-state index is 13.0. The first-order valence-corrected chi connectivity index (χ1v) is 12.9. The van der Waals surface area contributed by atoms with Crippen LogP contribution in [0.25, 0.3) is 10.8 Å². The Labute approximate surface area is 198 Å². The Kier molecular flexibility index (Phi) is 7.05. The standard InChI is InChI=1S/C24H24Cl2N2O3S/c25-22-11-4-12-23(26)21(22)16-32(30,31)28-13-5-9-19(15-28)24(29)27-14-18-8-3-7-17-6-1-2-10-20(17)18/h1-4,6-8,10-12,19H,5,9,13-16H2,(H,27,29)/t19-/m0/s1. The summed E-state index contributed by atoms with van der Waals surface area (Å²) in [6.45, 7) is 0.946. The summed E-state index contributed by atoms with van der Waals surface area (Å²) in [5, 5.41) is 5.86. The van der Waals surface area contributed by atoms with E-state index < -0.39 is 15.9 Å². The number of carbonyl (C=O) groups excluding carboxylic acids is 1. The number of carbonyl (C=O) groups is 1. The topological polar surface area (TPSA) is 66.5 Å². The van der Waals surface area contributed by atoms with Crippen molar-refractivity contribution in [2.24, 2.45) is 5.92 Å². The Morgan fingerprint density at radius 3 is 2.47 bits per heavy atom. The molecule has 5 nitrogen and oxygen atoms in total. The second-order valence-electron chi connectivity index (χ2n) is 8.01. The van der Waals surface area contributed by atoms with Crippen LogP contribution in [0.15, 0.2) is 60.7 Å². The van der Waals surface area contributed by atoms with Gasteiger partial charge in [-0.3, -0.25) is 4.79 Å². The molecule has 3 aromatic carbocycles. The third-order valence-corrected chi connectivity index (χ3v) is 8.35. The average molecular weight is 491 g/mol. The van der Waals surface area contributed by atoms with E-state index in [1.54, 1.807) is 18.2 Å². The fourth-order valence-electron chi connectivity index (χ4n) is 4.13. The minimum Gasteiger partial charge on any atom is -0.352 e. The van der Waals surface area contributed by atoms with Crippen molar-refractivity contribution in [3.63, 3.8) is 0 Å². The summed E-state index contributed by atoms with van der Waals surface area (Å²) >= 11 is 12.3. The maximum Gasteiger partial charge on any atom is 0.224 e. The van der Waals surface area contributed by atoms with Crippen molar-refractivity contribution in [1.82, 2.24) is 9.62 Å². The Balaban J connectivity index is 1.42. The predicted molar refractivity (Wildman–Crippen MR) is 129 cm³/mol. The molecule has 4 rings (SSSR count). The van der Waals surface area contributed by atoms with Gasteiger partial charge >= 0.3 is 0 Å². The fourth-order valence-corrected chi connectivity index (χ4v) is 6.49. The third kappa shape index (κ3) is 5.09. The second-order valence-corrected chi connectivity index (χ2v) is 10.8. The van der Waals surface area contributed by atoms with Gasteiger partial charge in [-0.1, -0.05) is 71.7 Å².